The minimum atomic E-state index is 0.707. The van der Waals surface area contributed by atoms with Crippen molar-refractivity contribution in [1.82, 2.24) is 0 Å². The summed E-state index contributed by atoms with van der Waals surface area (Å²) in [4.78, 5) is 1.22. The van der Waals surface area contributed by atoms with E-state index in [4.69, 9.17) is 10.5 Å². The molecule has 2 aromatic carbocycles. The molecule has 0 aromatic heterocycles. The highest BCUT2D eigenvalue weighted by Crippen LogP contribution is 2.21. The highest BCUT2D eigenvalue weighted by Gasteiger charge is 2.00. The molecule has 0 bridgehead atoms. The Labute approximate surface area is 119 Å². The number of aryl methyl sites for hydroxylation is 2. The summed E-state index contributed by atoms with van der Waals surface area (Å²) in [5.41, 5.74) is 8.91. The molecule has 0 saturated heterocycles. The van der Waals surface area contributed by atoms with Crippen molar-refractivity contribution < 1.29 is 4.74 Å². The zero-order valence-electron chi connectivity index (χ0n) is 11.3. The van der Waals surface area contributed by atoms with Gasteiger partial charge < -0.3 is 10.5 Å². The third-order valence-electron chi connectivity index (χ3n) is 2.82. The number of nitrogens with two attached hydrogens (primary N) is 1. The molecule has 0 fully saturated rings. The Balaban J connectivity index is 1.79. The molecular formula is C16H19NOS. The van der Waals surface area contributed by atoms with Crippen LogP contribution in [0, 0.1) is 13.8 Å². The molecule has 2 aromatic rings. The maximum absolute atomic E-state index is 5.79. The van der Waals surface area contributed by atoms with Crippen LogP contribution in [0.2, 0.25) is 0 Å². The zero-order chi connectivity index (χ0) is 13.7. The number of ether oxygens (including phenoxy) is 1. The van der Waals surface area contributed by atoms with Crippen molar-refractivity contribution in [3.63, 3.8) is 0 Å². The summed E-state index contributed by atoms with van der Waals surface area (Å²) in [6, 6.07) is 14.2. The third kappa shape index (κ3) is 4.21. The highest BCUT2D eigenvalue weighted by atomic mass is 32.2. The molecule has 2 N–H and O–H groups in total. The molecular weight excluding hydrogens is 254 g/mol. The summed E-state index contributed by atoms with van der Waals surface area (Å²) in [5, 5.41) is 0. The Hall–Kier alpha value is -1.61. The van der Waals surface area contributed by atoms with Gasteiger partial charge in [0.25, 0.3) is 0 Å². The van der Waals surface area contributed by atoms with Crippen molar-refractivity contribution in [2.75, 3.05) is 18.1 Å². The van der Waals surface area contributed by atoms with Gasteiger partial charge in [0.15, 0.2) is 0 Å². The molecule has 0 unspecified atom stereocenters. The molecule has 0 aliphatic rings. The lowest BCUT2D eigenvalue weighted by Crippen LogP contribution is -2.01. The quantitative estimate of drug-likeness (QED) is 0.507. The molecule has 0 aliphatic carbocycles. The van der Waals surface area contributed by atoms with Crippen LogP contribution in [0.15, 0.2) is 47.4 Å². The van der Waals surface area contributed by atoms with Crippen molar-refractivity contribution in [2.24, 2.45) is 0 Å². The second-order valence-electron chi connectivity index (χ2n) is 4.53. The molecule has 0 aliphatic heterocycles. The second-order valence-corrected chi connectivity index (χ2v) is 5.70. The Morgan fingerprint density at radius 3 is 2.47 bits per heavy atom. The minimum Gasteiger partial charge on any atom is -0.492 e. The van der Waals surface area contributed by atoms with Crippen LogP contribution in [0.4, 0.5) is 5.69 Å². The molecule has 19 heavy (non-hydrogen) atoms. The summed E-state index contributed by atoms with van der Waals surface area (Å²) in [5.74, 6) is 1.90. The van der Waals surface area contributed by atoms with Crippen LogP contribution in [0.1, 0.15) is 11.1 Å². The fourth-order valence-electron chi connectivity index (χ4n) is 1.84. The van der Waals surface area contributed by atoms with Gasteiger partial charge in [0.2, 0.25) is 0 Å². The van der Waals surface area contributed by atoms with Crippen LogP contribution in [0.25, 0.3) is 0 Å². The predicted octanol–water partition coefficient (Wildman–Crippen LogP) is 4.06. The zero-order valence-corrected chi connectivity index (χ0v) is 12.2. The van der Waals surface area contributed by atoms with E-state index in [9.17, 15) is 0 Å². The summed E-state index contributed by atoms with van der Waals surface area (Å²) >= 11 is 1.78. The van der Waals surface area contributed by atoms with Crippen LogP contribution >= 0.6 is 11.8 Å². The van der Waals surface area contributed by atoms with Crippen molar-refractivity contribution in [3.05, 3.63) is 53.6 Å². The fourth-order valence-corrected chi connectivity index (χ4v) is 2.57. The number of anilines is 1. The highest BCUT2D eigenvalue weighted by molar-refractivity contribution is 7.99. The molecule has 0 spiro atoms. The molecule has 0 radical (unpaired) electrons. The molecule has 0 amide bonds. The summed E-state index contributed by atoms with van der Waals surface area (Å²) in [6.07, 6.45) is 0. The lowest BCUT2D eigenvalue weighted by Gasteiger charge is -2.09. The van der Waals surface area contributed by atoms with Gasteiger partial charge in [-0.1, -0.05) is 17.7 Å². The van der Waals surface area contributed by atoms with Gasteiger partial charge in [-0.25, -0.2) is 0 Å². The monoisotopic (exact) mass is 273 g/mol. The van der Waals surface area contributed by atoms with Gasteiger partial charge >= 0.3 is 0 Å². The topological polar surface area (TPSA) is 35.2 Å². The molecule has 0 heterocycles. The standard InChI is InChI=1S/C16H19NOS/c1-12-3-8-16(13(2)11-12)18-9-10-19-15-6-4-14(17)5-7-15/h3-8,11H,9-10,17H2,1-2H3. The van der Waals surface area contributed by atoms with Crippen LogP contribution < -0.4 is 10.5 Å². The molecule has 0 saturated carbocycles. The van der Waals surface area contributed by atoms with Gasteiger partial charge in [0.1, 0.15) is 5.75 Å². The Kier molecular flexibility index (Phi) is 4.74. The van der Waals surface area contributed by atoms with E-state index in [1.165, 1.54) is 16.0 Å². The number of benzene rings is 2. The Morgan fingerprint density at radius 1 is 1.05 bits per heavy atom. The lowest BCUT2D eigenvalue weighted by atomic mass is 10.1. The predicted molar refractivity (Wildman–Crippen MR) is 83.0 cm³/mol. The van der Waals surface area contributed by atoms with Crippen LogP contribution in [0.5, 0.6) is 5.75 Å². The number of rotatable bonds is 5. The maximum atomic E-state index is 5.79. The van der Waals surface area contributed by atoms with Crippen molar-refractivity contribution in [3.8, 4) is 5.75 Å². The largest absolute Gasteiger partial charge is 0.492 e. The van der Waals surface area contributed by atoms with Crippen molar-refractivity contribution in [2.45, 2.75) is 18.7 Å². The van der Waals surface area contributed by atoms with Crippen LogP contribution in [-0.4, -0.2) is 12.4 Å². The number of thioether (sulfide) groups is 1. The van der Waals surface area contributed by atoms with Crippen LogP contribution in [-0.2, 0) is 0 Å². The molecule has 2 nitrogen and oxygen atoms in total. The summed E-state index contributed by atoms with van der Waals surface area (Å²) in [6.45, 7) is 4.88. The molecule has 2 rings (SSSR count). The van der Waals surface area contributed by atoms with E-state index < -0.39 is 0 Å². The number of hydrogen-bond donors (Lipinski definition) is 1. The van der Waals surface area contributed by atoms with E-state index >= 15 is 0 Å². The first-order valence-corrected chi connectivity index (χ1v) is 7.32. The third-order valence-corrected chi connectivity index (χ3v) is 3.80. The Bertz CT molecular complexity index is 537. The molecule has 3 heteroatoms. The van der Waals surface area contributed by atoms with E-state index in [2.05, 4.69) is 26.0 Å². The summed E-state index contributed by atoms with van der Waals surface area (Å²) in [7, 11) is 0. The SMILES string of the molecule is Cc1ccc(OCCSc2ccc(N)cc2)c(C)c1. The summed E-state index contributed by atoms with van der Waals surface area (Å²) < 4.78 is 5.79. The average molecular weight is 273 g/mol. The van der Waals surface area contributed by atoms with Gasteiger partial charge in [-0.05, 0) is 49.7 Å². The molecule has 0 atom stereocenters. The van der Waals surface area contributed by atoms with Crippen molar-refractivity contribution >= 4 is 17.4 Å². The van der Waals surface area contributed by atoms with Gasteiger partial charge in [-0.15, -0.1) is 11.8 Å². The van der Waals surface area contributed by atoms with Crippen LogP contribution in [0.3, 0.4) is 0 Å². The van der Waals surface area contributed by atoms with E-state index in [0.29, 0.717) is 6.61 Å². The number of hydrogen-bond acceptors (Lipinski definition) is 3. The Morgan fingerprint density at radius 2 is 1.79 bits per heavy atom. The second kappa shape index (κ2) is 6.53. The van der Waals surface area contributed by atoms with E-state index in [1.807, 2.05) is 30.3 Å². The first kappa shape index (κ1) is 13.8. The van der Waals surface area contributed by atoms with E-state index in [-0.39, 0.29) is 0 Å². The fraction of sp³-hybridized carbons (Fsp3) is 0.250. The minimum absolute atomic E-state index is 0.707. The smallest absolute Gasteiger partial charge is 0.122 e. The van der Waals surface area contributed by atoms with Gasteiger partial charge in [0.05, 0.1) is 6.61 Å². The normalized spacial score (nSPS) is 10.4. The van der Waals surface area contributed by atoms with E-state index in [0.717, 1.165) is 17.2 Å². The lowest BCUT2D eigenvalue weighted by molar-refractivity contribution is 0.341. The maximum Gasteiger partial charge on any atom is 0.122 e. The van der Waals surface area contributed by atoms with Gasteiger partial charge in [-0.2, -0.15) is 0 Å². The average Bonchev–Trinajstić information content (AvgIpc) is 2.39. The van der Waals surface area contributed by atoms with E-state index in [1.54, 1.807) is 11.8 Å². The first-order chi connectivity index (χ1) is 9.15. The first-order valence-electron chi connectivity index (χ1n) is 6.33. The molecule has 100 valence electrons. The van der Waals surface area contributed by atoms with Gasteiger partial charge in [0, 0.05) is 16.3 Å². The number of nitrogen functional groups attached to an aromatic ring is 1. The van der Waals surface area contributed by atoms with Crippen molar-refractivity contribution in [1.29, 1.82) is 0 Å². The van der Waals surface area contributed by atoms with Gasteiger partial charge in [-0.3, -0.25) is 0 Å².